The van der Waals surface area contributed by atoms with Crippen LogP contribution in [0, 0.1) is 0 Å². The van der Waals surface area contributed by atoms with Gasteiger partial charge in [0.2, 0.25) is 0 Å². The van der Waals surface area contributed by atoms with Gasteiger partial charge in [0, 0.05) is 13.2 Å². The summed E-state index contributed by atoms with van der Waals surface area (Å²) < 4.78 is 6.86. The summed E-state index contributed by atoms with van der Waals surface area (Å²) in [7, 11) is 0. The zero-order valence-electron chi connectivity index (χ0n) is 12.6. The molecule has 0 radical (unpaired) electrons. The van der Waals surface area contributed by atoms with Gasteiger partial charge in [0.15, 0.2) is 0 Å². The molecule has 0 aliphatic rings. The van der Waals surface area contributed by atoms with Gasteiger partial charge in [-0.2, -0.15) is 0 Å². The van der Waals surface area contributed by atoms with Crippen LogP contribution in [0.4, 0.5) is 0 Å². The van der Waals surface area contributed by atoms with Gasteiger partial charge in [-0.05, 0) is 38.9 Å². The van der Waals surface area contributed by atoms with Gasteiger partial charge in [0.25, 0.3) is 5.56 Å². The quantitative estimate of drug-likeness (QED) is 0.740. The maximum absolute atomic E-state index is 12.2. The molecule has 1 N–H and O–H groups in total. The van der Waals surface area contributed by atoms with Gasteiger partial charge in [-0.3, -0.25) is 4.79 Å². The summed E-state index contributed by atoms with van der Waals surface area (Å²) in [6.07, 6.45) is 1.23. The largest absolute Gasteiger partial charge is 0.379 e. The maximum atomic E-state index is 12.2. The van der Waals surface area contributed by atoms with Crippen LogP contribution < -0.4 is 10.9 Å². The van der Waals surface area contributed by atoms with Gasteiger partial charge in [-0.1, -0.05) is 17.3 Å². The molecule has 1 aromatic carbocycles. The predicted octanol–water partition coefficient (Wildman–Crippen LogP) is 1.20. The van der Waals surface area contributed by atoms with Crippen LogP contribution in [0.5, 0.6) is 0 Å². The van der Waals surface area contributed by atoms with E-state index >= 15 is 0 Å². The SMILES string of the molecule is CC(C)OCCCNCCn1nnc2ccccc2c1=O. The Morgan fingerprint density at radius 3 is 2.90 bits per heavy atom. The Kier molecular flexibility index (Phi) is 5.83. The standard InChI is InChI=1S/C15H22N4O2/c1-12(2)21-11-5-8-16-9-10-19-15(20)13-6-3-4-7-14(13)17-18-19/h3-4,6-7,12,16H,5,8-11H2,1-2H3. The van der Waals surface area contributed by atoms with E-state index in [1.54, 1.807) is 12.1 Å². The highest BCUT2D eigenvalue weighted by Gasteiger charge is 2.04. The van der Waals surface area contributed by atoms with Crippen LogP contribution in [0.15, 0.2) is 29.1 Å². The molecule has 0 aliphatic carbocycles. The van der Waals surface area contributed by atoms with Gasteiger partial charge in [-0.25, -0.2) is 4.68 Å². The lowest BCUT2D eigenvalue weighted by Crippen LogP contribution is -2.30. The second kappa shape index (κ2) is 7.85. The second-order valence-corrected chi connectivity index (χ2v) is 5.16. The molecule has 0 unspecified atom stereocenters. The molecule has 0 spiro atoms. The van der Waals surface area contributed by atoms with E-state index in [-0.39, 0.29) is 11.7 Å². The van der Waals surface area contributed by atoms with E-state index in [2.05, 4.69) is 15.6 Å². The third kappa shape index (κ3) is 4.61. The molecular formula is C15H22N4O2. The van der Waals surface area contributed by atoms with Gasteiger partial charge in [0.05, 0.1) is 18.0 Å². The molecular weight excluding hydrogens is 268 g/mol. The lowest BCUT2D eigenvalue weighted by atomic mass is 10.2. The summed E-state index contributed by atoms with van der Waals surface area (Å²) in [5, 5.41) is 11.9. The normalized spacial score (nSPS) is 11.4. The van der Waals surface area contributed by atoms with Crippen molar-refractivity contribution in [3.8, 4) is 0 Å². The summed E-state index contributed by atoms with van der Waals surface area (Å²) >= 11 is 0. The zero-order chi connectivity index (χ0) is 15.1. The van der Waals surface area contributed by atoms with Gasteiger partial charge >= 0.3 is 0 Å². The van der Waals surface area contributed by atoms with Crippen LogP contribution in [0.3, 0.4) is 0 Å². The van der Waals surface area contributed by atoms with Crippen LogP contribution in [0.1, 0.15) is 20.3 Å². The fourth-order valence-corrected chi connectivity index (χ4v) is 2.00. The van der Waals surface area contributed by atoms with E-state index in [0.717, 1.165) is 19.6 Å². The summed E-state index contributed by atoms with van der Waals surface area (Å²) in [4.78, 5) is 12.2. The van der Waals surface area contributed by atoms with Crippen molar-refractivity contribution in [2.75, 3.05) is 19.7 Å². The van der Waals surface area contributed by atoms with E-state index in [1.807, 2.05) is 26.0 Å². The molecule has 0 bridgehead atoms. The molecule has 0 amide bonds. The van der Waals surface area contributed by atoms with E-state index in [9.17, 15) is 4.79 Å². The van der Waals surface area contributed by atoms with Gasteiger partial charge < -0.3 is 10.1 Å². The van der Waals surface area contributed by atoms with Gasteiger partial charge in [0.1, 0.15) is 5.52 Å². The Morgan fingerprint density at radius 1 is 1.29 bits per heavy atom. The lowest BCUT2D eigenvalue weighted by Gasteiger charge is -2.08. The Balaban J connectivity index is 1.79. The first-order valence-corrected chi connectivity index (χ1v) is 7.33. The molecule has 0 saturated carbocycles. The fraction of sp³-hybridized carbons (Fsp3) is 0.533. The van der Waals surface area contributed by atoms with Crippen molar-refractivity contribution in [2.45, 2.75) is 32.9 Å². The molecule has 6 nitrogen and oxygen atoms in total. The average Bonchev–Trinajstić information content (AvgIpc) is 2.48. The Bertz CT molecular complexity index is 624. The Labute approximate surface area is 124 Å². The van der Waals surface area contributed by atoms with Crippen LogP contribution in [0.2, 0.25) is 0 Å². The zero-order valence-corrected chi connectivity index (χ0v) is 12.6. The number of fused-ring (bicyclic) bond motifs is 1. The van der Waals surface area contributed by atoms with Crippen molar-refractivity contribution in [1.82, 2.24) is 20.3 Å². The minimum absolute atomic E-state index is 0.0921. The highest BCUT2D eigenvalue weighted by molar-refractivity contribution is 5.76. The predicted molar refractivity (Wildman–Crippen MR) is 82.4 cm³/mol. The van der Waals surface area contributed by atoms with E-state index < -0.39 is 0 Å². The van der Waals surface area contributed by atoms with Gasteiger partial charge in [-0.15, -0.1) is 5.10 Å². The molecule has 1 aromatic heterocycles. The fourth-order valence-electron chi connectivity index (χ4n) is 2.00. The van der Waals surface area contributed by atoms with Crippen molar-refractivity contribution in [3.63, 3.8) is 0 Å². The summed E-state index contributed by atoms with van der Waals surface area (Å²) in [6, 6.07) is 7.25. The number of nitrogens with zero attached hydrogens (tertiary/aromatic N) is 3. The number of benzene rings is 1. The topological polar surface area (TPSA) is 69.0 Å². The number of ether oxygens (including phenoxy) is 1. The average molecular weight is 290 g/mol. The van der Waals surface area contributed by atoms with E-state index in [0.29, 0.717) is 24.0 Å². The van der Waals surface area contributed by atoms with Crippen molar-refractivity contribution in [3.05, 3.63) is 34.6 Å². The second-order valence-electron chi connectivity index (χ2n) is 5.16. The van der Waals surface area contributed by atoms with E-state index in [1.165, 1.54) is 4.68 Å². The lowest BCUT2D eigenvalue weighted by molar-refractivity contribution is 0.0771. The number of hydrogen-bond acceptors (Lipinski definition) is 5. The third-order valence-electron chi connectivity index (χ3n) is 3.08. The van der Waals surface area contributed by atoms with Crippen molar-refractivity contribution in [2.24, 2.45) is 0 Å². The molecule has 21 heavy (non-hydrogen) atoms. The molecule has 0 saturated heterocycles. The van der Waals surface area contributed by atoms with Crippen LogP contribution in [-0.2, 0) is 11.3 Å². The number of rotatable bonds is 8. The van der Waals surface area contributed by atoms with Crippen LogP contribution in [0.25, 0.3) is 10.9 Å². The first-order chi connectivity index (χ1) is 10.2. The Morgan fingerprint density at radius 2 is 2.10 bits per heavy atom. The number of hydrogen-bond donors (Lipinski definition) is 1. The minimum Gasteiger partial charge on any atom is -0.379 e. The maximum Gasteiger partial charge on any atom is 0.277 e. The molecule has 2 aromatic rings. The highest BCUT2D eigenvalue weighted by Crippen LogP contribution is 2.02. The molecule has 0 aliphatic heterocycles. The summed E-state index contributed by atoms with van der Waals surface area (Å²) in [5.41, 5.74) is 0.545. The molecule has 1 heterocycles. The first-order valence-electron chi connectivity index (χ1n) is 7.33. The van der Waals surface area contributed by atoms with Crippen molar-refractivity contribution >= 4 is 10.9 Å². The molecule has 6 heteroatoms. The summed E-state index contributed by atoms with van der Waals surface area (Å²) in [5.74, 6) is 0. The number of nitrogens with one attached hydrogen (secondary N) is 1. The first kappa shape index (κ1) is 15.6. The van der Waals surface area contributed by atoms with Crippen LogP contribution in [-0.4, -0.2) is 40.8 Å². The number of aromatic nitrogens is 3. The molecule has 114 valence electrons. The van der Waals surface area contributed by atoms with Crippen molar-refractivity contribution < 1.29 is 4.74 Å². The van der Waals surface area contributed by atoms with E-state index in [4.69, 9.17) is 4.74 Å². The molecule has 0 fully saturated rings. The smallest absolute Gasteiger partial charge is 0.277 e. The molecule has 0 atom stereocenters. The Hall–Kier alpha value is -1.79. The third-order valence-corrected chi connectivity index (χ3v) is 3.08. The minimum atomic E-state index is -0.0921. The van der Waals surface area contributed by atoms with Crippen molar-refractivity contribution in [1.29, 1.82) is 0 Å². The monoisotopic (exact) mass is 290 g/mol. The molecule has 2 rings (SSSR count). The van der Waals surface area contributed by atoms with Crippen LogP contribution >= 0.6 is 0 Å². The summed E-state index contributed by atoms with van der Waals surface area (Å²) in [6.45, 7) is 6.87. The highest BCUT2D eigenvalue weighted by atomic mass is 16.5.